The van der Waals surface area contributed by atoms with Crippen LogP contribution in [0.4, 0.5) is 4.39 Å². The predicted octanol–water partition coefficient (Wildman–Crippen LogP) is 2.34. The Labute approximate surface area is 141 Å². The maximum atomic E-state index is 13.8. The van der Waals surface area contributed by atoms with Crippen molar-refractivity contribution in [1.82, 2.24) is 9.88 Å². The minimum absolute atomic E-state index is 0.0673. The van der Waals surface area contributed by atoms with Gasteiger partial charge in [-0.05, 0) is 24.6 Å². The Kier molecular flexibility index (Phi) is 5.23. The molecule has 0 radical (unpaired) electrons. The Balaban J connectivity index is 1.73. The average molecular weight is 330 g/mol. The number of ether oxygens (including phenoxy) is 1. The number of aliphatic hydroxyl groups is 1. The monoisotopic (exact) mass is 330 g/mol. The average Bonchev–Trinajstić information content (AvgIpc) is 2.57. The first kappa shape index (κ1) is 17.0. The zero-order valence-electron chi connectivity index (χ0n) is 13.9. The molecule has 1 fully saturated rings. The van der Waals surface area contributed by atoms with Crippen LogP contribution in [-0.2, 0) is 17.7 Å². The van der Waals surface area contributed by atoms with Crippen LogP contribution in [0.25, 0.3) is 0 Å². The Hall–Kier alpha value is -1.82. The van der Waals surface area contributed by atoms with E-state index in [0.717, 1.165) is 5.56 Å². The fourth-order valence-electron chi connectivity index (χ4n) is 3.26. The van der Waals surface area contributed by atoms with Crippen LogP contribution >= 0.6 is 0 Å². The van der Waals surface area contributed by atoms with Gasteiger partial charge in [0.15, 0.2) is 0 Å². The van der Waals surface area contributed by atoms with Gasteiger partial charge in [0.2, 0.25) is 0 Å². The minimum atomic E-state index is -0.655. The molecule has 24 heavy (non-hydrogen) atoms. The zero-order valence-corrected chi connectivity index (χ0v) is 13.9. The molecule has 1 aromatic carbocycles. The van der Waals surface area contributed by atoms with Gasteiger partial charge < -0.3 is 9.84 Å². The summed E-state index contributed by atoms with van der Waals surface area (Å²) < 4.78 is 19.8. The highest BCUT2D eigenvalue weighted by Crippen LogP contribution is 2.24. The van der Waals surface area contributed by atoms with Crippen molar-refractivity contribution in [3.05, 3.63) is 65.2 Å². The van der Waals surface area contributed by atoms with Gasteiger partial charge in [0.05, 0.1) is 18.9 Å². The summed E-state index contributed by atoms with van der Waals surface area (Å²) >= 11 is 0. The lowest BCUT2D eigenvalue weighted by atomic mass is 9.92. The van der Waals surface area contributed by atoms with Gasteiger partial charge in [0.1, 0.15) is 11.4 Å². The number of aliphatic hydroxyl groups excluding tert-OH is 1. The molecule has 1 aliphatic rings. The third kappa shape index (κ3) is 3.98. The number of nitrogens with zero attached hydrogens (tertiary/aromatic N) is 2. The van der Waals surface area contributed by atoms with Gasteiger partial charge in [-0.15, -0.1) is 0 Å². The second-order valence-electron chi connectivity index (χ2n) is 6.50. The van der Waals surface area contributed by atoms with Gasteiger partial charge in [0, 0.05) is 32.3 Å². The first-order valence-corrected chi connectivity index (χ1v) is 8.22. The van der Waals surface area contributed by atoms with Crippen molar-refractivity contribution in [2.75, 3.05) is 26.3 Å². The summed E-state index contributed by atoms with van der Waals surface area (Å²) in [6.45, 7) is 4.17. The SMILES string of the molecule is Cc1cccc(CC2(CO)CN(Cc3ncccc3F)CCO2)c1. The zero-order chi connectivity index (χ0) is 17.0. The molecule has 3 rings (SSSR count). The van der Waals surface area contributed by atoms with Gasteiger partial charge in [-0.2, -0.15) is 0 Å². The van der Waals surface area contributed by atoms with Gasteiger partial charge in [-0.1, -0.05) is 29.8 Å². The molecule has 0 bridgehead atoms. The Morgan fingerprint density at radius 1 is 1.33 bits per heavy atom. The van der Waals surface area contributed by atoms with E-state index in [1.807, 2.05) is 25.1 Å². The van der Waals surface area contributed by atoms with E-state index in [1.54, 1.807) is 12.3 Å². The number of halogens is 1. The number of hydrogen-bond acceptors (Lipinski definition) is 4. The second kappa shape index (κ2) is 7.38. The highest BCUT2D eigenvalue weighted by molar-refractivity contribution is 5.24. The third-order valence-corrected chi connectivity index (χ3v) is 4.43. The molecule has 4 nitrogen and oxygen atoms in total. The van der Waals surface area contributed by atoms with Gasteiger partial charge in [-0.25, -0.2) is 4.39 Å². The molecule has 1 aromatic heterocycles. The number of morpholine rings is 1. The molecule has 0 saturated carbocycles. The molecule has 0 spiro atoms. The minimum Gasteiger partial charge on any atom is -0.393 e. The van der Waals surface area contributed by atoms with Crippen LogP contribution in [0.15, 0.2) is 42.6 Å². The first-order valence-electron chi connectivity index (χ1n) is 8.22. The smallest absolute Gasteiger partial charge is 0.146 e. The number of benzene rings is 1. The Morgan fingerprint density at radius 2 is 2.21 bits per heavy atom. The quantitative estimate of drug-likeness (QED) is 0.914. The van der Waals surface area contributed by atoms with E-state index in [1.165, 1.54) is 11.6 Å². The molecular formula is C19H23FN2O2. The lowest BCUT2D eigenvalue weighted by Gasteiger charge is -2.42. The van der Waals surface area contributed by atoms with E-state index in [9.17, 15) is 9.50 Å². The van der Waals surface area contributed by atoms with Crippen LogP contribution in [0.1, 0.15) is 16.8 Å². The molecule has 128 valence electrons. The molecule has 2 aromatic rings. The molecule has 1 saturated heterocycles. The number of aromatic nitrogens is 1. The van der Waals surface area contributed by atoms with Crippen molar-refractivity contribution in [2.24, 2.45) is 0 Å². The van der Waals surface area contributed by atoms with Crippen LogP contribution < -0.4 is 0 Å². The summed E-state index contributed by atoms with van der Waals surface area (Å²) in [5.41, 5.74) is 2.10. The molecule has 1 unspecified atom stereocenters. The topological polar surface area (TPSA) is 45.6 Å². The van der Waals surface area contributed by atoms with E-state index < -0.39 is 5.60 Å². The lowest BCUT2D eigenvalue weighted by molar-refractivity contribution is -0.134. The summed E-state index contributed by atoms with van der Waals surface area (Å²) in [4.78, 5) is 6.22. The summed E-state index contributed by atoms with van der Waals surface area (Å²) in [7, 11) is 0. The summed E-state index contributed by atoms with van der Waals surface area (Å²) in [6, 6.07) is 11.2. The van der Waals surface area contributed by atoms with Crippen LogP contribution in [0.2, 0.25) is 0 Å². The van der Waals surface area contributed by atoms with E-state index in [0.29, 0.717) is 38.4 Å². The molecule has 1 N–H and O–H groups in total. The van der Waals surface area contributed by atoms with E-state index >= 15 is 0 Å². The van der Waals surface area contributed by atoms with Crippen molar-refractivity contribution in [3.8, 4) is 0 Å². The number of aryl methyl sites for hydroxylation is 1. The fourth-order valence-corrected chi connectivity index (χ4v) is 3.26. The highest BCUT2D eigenvalue weighted by Gasteiger charge is 2.36. The van der Waals surface area contributed by atoms with E-state index in [2.05, 4.69) is 16.0 Å². The predicted molar refractivity (Wildman–Crippen MR) is 90.1 cm³/mol. The normalized spacial score (nSPS) is 21.8. The standard InChI is InChI=1S/C19H23FN2O2/c1-15-4-2-5-16(10-15)11-19(14-23)13-22(8-9-24-19)12-18-17(20)6-3-7-21-18/h2-7,10,23H,8-9,11-14H2,1H3. The fraction of sp³-hybridized carbons (Fsp3) is 0.421. The van der Waals surface area contributed by atoms with Crippen LogP contribution in [0.5, 0.6) is 0 Å². The molecule has 5 heteroatoms. The molecule has 1 aliphatic heterocycles. The summed E-state index contributed by atoms with van der Waals surface area (Å²) in [5.74, 6) is -0.294. The van der Waals surface area contributed by atoms with Crippen molar-refractivity contribution in [2.45, 2.75) is 25.5 Å². The Bertz CT molecular complexity index is 695. The maximum absolute atomic E-state index is 13.8. The molecule has 0 aliphatic carbocycles. The van der Waals surface area contributed by atoms with Crippen molar-refractivity contribution < 1.29 is 14.2 Å². The highest BCUT2D eigenvalue weighted by atomic mass is 19.1. The number of hydrogen-bond donors (Lipinski definition) is 1. The maximum Gasteiger partial charge on any atom is 0.146 e. The molecule has 0 amide bonds. The third-order valence-electron chi connectivity index (χ3n) is 4.43. The summed E-state index contributed by atoms with van der Waals surface area (Å²) in [5, 5.41) is 9.97. The van der Waals surface area contributed by atoms with Crippen molar-refractivity contribution >= 4 is 0 Å². The Morgan fingerprint density at radius 3 is 2.96 bits per heavy atom. The molecule has 1 atom stereocenters. The second-order valence-corrected chi connectivity index (χ2v) is 6.50. The van der Waals surface area contributed by atoms with Crippen molar-refractivity contribution in [3.63, 3.8) is 0 Å². The summed E-state index contributed by atoms with van der Waals surface area (Å²) in [6.07, 6.45) is 2.23. The first-order chi connectivity index (χ1) is 11.6. The molecular weight excluding hydrogens is 307 g/mol. The van der Waals surface area contributed by atoms with Crippen LogP contribution in [0.3, 0.4) is 0 Å². The van der Waals surface area contributed by atoms with Gasteiger partial charge in [0.25, 0.3) is 0 Å². The lowest BCUT2D eigenvalue weighted by Crippen LogP contribution is -2.55. The van der Waals surface area contributed by atoms with Crippen LogP contribution in [0, 0.1) is 12.7 Å². The molecule has 2 heterocycles. The van der Waals surface area contributed by atoms with Crippen molar-refractivity contribution in [1.29, 1.82) is 0 Å². The van der Waals surface area contributed by atoms with E-state index in [4.69, 9.17) is 4.74 Å². The van der Waals surface area contributed by atoms with Crippen LogP contribution in [-0.4, -0.2) is 46.9 Å². The van der Waals surface area contributed by atoms with Gasteiger partial charge >= 0.3 is 0 Å². The van der Waals surface area contributed by atoms with Gasteiger partial charge in [-0.3, -0.25) is 9.88 Å². The van der Waals surface area contributed by atoms with E-state index in [-0.39, 0.29) is 12.4 Å². The number of pyridine rings is 1. The number of rotatable bonds is 5. The largest absolute Gasteiger partial charge is 0.393 e.